The number of anilines is 1. The van der Waals surface area contributed by atoms with Gasteiger partial charge in [0.1, 0.15) is 0 Å². The van der Waals surface area contributed by atoms with Gasteiger partial charge in [-0.3, -0.25) is 4.79 Å². The van der Waals surface area contributed by atoms with Crippen molar-refractivity contribution in [2.45, 2.75) is 0 Å². The van der Waals surface area contributed by atoms with Crippen LogP contribution in [0.25, 0.3) is 0 Å². The zero-order valence-corrected chi connectivity index (χ0v) is 12.0. The van der Waals surface area contributed by atoms with E-state index < -0.39 is 5.97 Å². The Hall–Kier alpha value is -2.08. The fraction of sp³-hybridized carbons (Fsp3) is 0.429. The molecule has 0 aliphatic rings. The lowest BCUT2D eigenvalue weighted by Crippen LogP contribution is -2.31. The van der Waals surface area contributed by atoms with Crippen LogP contribution in [0.15, 0.2) is 24.3 Å². The molecule has 0 radical (unpaired) electrons. The van der Waals surface area contributed by atoms with Crippen molar-refractivity contribution in [3.05, 3.63) is 29.8 Å². The number of benzene rings is 1. The van der Waals surface area contributed by atoms with E-state index in [0.29, 0.717) is 18.7 Å². The monoisotopic (exact) mass is 280 g/mol. The zero-order chi connectivity index (χ0) is 15.0. The highest BCUT2D eigenvalue weighted by molar-refractivity contribution is 5.92. The third kappa shape index (κ3) is 5.27. The summed E-state index contributed by atoms with van der Waals surface area (Å²) in [7, 11) is 5.31. The van der Waals surface area contributed by atoms with Crippen LogP contribution < -0.4 is 10.2 Å². The molecule has 0 aliphatic carbocycles. The highest BCUT2D eigenvalue weighted by Gasteiger charge is 2.10. The Bertz CT molecular complexity index is 460. The summed E-state index contributed by atoms with van der Waals surface area (Å²) >= 11 is 0. The van der Waals surface area contributed by atoms with Crippen LogP contribution in [0.2, 0.25) is 0 Å². The van der Waals surface area contributed by atoms with Gasteiger partial charge in [-0.1, -0.05) is 6.07 Å². The predicted octanol–water partition coefficient (Wildman–Crippen LogP) is 0.672. The fourth-order valence-electron chi connectivity index (χ4n) is 1.47. The van der Waals surface area contributed by atoms with Crippen molar-refractivity contribution in [3.8, 4) is 0 Å². The van der Waals surface area contributed by atoms with Gasteiger partial charge in [-0.15, -0.1) is 0 Å². The lowest BCUT2D eigenvalue weighted by Gasteiger charge is -2.13. The van der Waals surface area contributed by atoms with Gasteiger partial charge in [0.05, 0.1) is 12.2 Å². The van der Waals surface area contributed by atoms with Crippen molar-refractivity contribution < 1.29 is 19.1 Å². The van der Waals surface area contributed by atoms with Crippen LogP contribution in [0.4, 0.5) is 5.69 Å². The third-order valence-electron chi connectivity index (χ3n) is 2.56. The predicted molar refractivity (Wildman–Crippen MR) is 75.9 cm³/mol. The molecule has 0 saturated carbocycles. The highest BCUT2D eigenvalue weighted by Crippen LogP contribution is 2.14. The van der Waals surface area contributed by atoms with E-state index in [2.05, 4.69) is 5.32 Å². The van der Waals surface area contributed by atoms with Crippen LogP contribution in [0.1, 0.15) is 10.4 Å². The topological polar surface area (TPSA) is 67.9 Å². The van der Waals surface area contributed by atoms with Gasteiger partial charge in [0.2, 0.25) is 0 Å². The molecule has 6 nitrogen and oxygen atoms in total. The minimum absolute atomic E-state index is 0.297. The number of carbonyl (C=O) groups is 2. The normalized spacial score (nSPS) is 9.95. The Morgan fingerprint density at radius 3 is 2.70 bits per heavy atom. The molecule has 0 aliphatic heterocycles. The van der Waals surface area contributed by atoms with Crippen LogP contribution in [0.5, 0.6) is 0 Å². The second-order valence-electron chi connectivity index (χ2n) is 4.36. The number of amides is 1. The number of hydrogen-bond donors (Lipinski definition) is 1. The number of carbonyl (C=O) groups excluding carboxylic acids is 2. The summed E-state index contributed by atoms with van der Waals surface area (Å²) in [6, 6.07) is 7.02. The Morgan fingerprint density at radius 1 is 1.30 bits per heavy atom. The lowest BCUT2D eigenvalue weighted by molar-refractivity contribution is -0.124. The van der Waals surface area contributed by atoms with E-state index in [0.717, 1.165) is 5.69 Å². The minimum Gasteiger partial charge on any atom is -0.452 e. The van der Waals surface area contributed by atoms with Crippen molar-refractivity contribution in [2.75, 3.05) is 45.9 Å². The molecule has 1 N–H and O–H groups in total. The maximum Gasteiger partial charge on any atom is 0.338 e. The molecule has 0 aromatic heterocycles. The summed E-state index contributed by atoms with van der Waals surface area (Å²) in [6.45, 7) is 0.516. The van der Waals surface area contributed by atoms with Crippen molar-refractivity contribution >= 4 is 17.6 Å². The average Bonchev–Trinajstić information content (AvgIpc) is 2.45. The van der Waals surface area contributed by atoms with E-state index in [-0.39, 0.29) is 12.5 Å². The van der Waals surface area contributed by atoms with Crippen LogP contribution >= 0.6 is 0 Å². The van der Waals surface area contributed by atoms with Crippen LogP contribution in [0.3, 0.4) is 0 Å². The first-order valence-electron chi connectivity index (χ1n) is 6.24. The number of ether oxygens (including phenoxy) is 2. The summed E-state index contributed by atoms with van der Waals surface area (Å²) in [6.07, 6.45) is 0. The third-order valence-corrected chi connectivity index (χ3v) is 2.56. The Morgan fingerprint density at radius 2 is 2.05 bits per heavy atom. The summed E-state index contributed by atoms with van der Waals surface area (Å²) in [5.74, 6) is -0.866. The quantitative estimate of drug-likeness (QED) is 0.587. The summed E-state index contributed by atoms with van der Waals surface area (Å²) < 4.78 is 9.74. The van der Waals surface area contributed by atoms with E-state index in [4.69, 9.17) is 9.47 Å². The first-order valence-corrected chi connectivity index (χ1v) is 6.24. The molecule has 0 bridgehead atoms. The van der Waals surface area contributed by atoms with E-state index in [1.807, 2.05) is 25.1 Å². The van der Waals surface area contributed by atoms with Crippen LogP contribution in [-0.2, 0) is 14.3 Å². The zero-order valence-electron chi connectivity index (χ0n) is 12.0. The molecular weight excluding hydrogens is 260 g/mol. The van der Waals surface area contributed by atoms with E-state index >= 15 is 0 Å². The lowest BCUT2D eigenvalue weighted by atomic mass is 10.2. The van der Waals surface area contributed by atoms with Crippen molar-refractivity contribution in [1.82, 2.24) is 5.32 Å². The molecule has 1 rings (SSSR count). The van der Waals surface area contributed by atoms with Crippen molar-refractivity contribution in [1.29, 1.82) is 0 Å². The Labute approximate surface area is 118 Å². The fourth-order valence-corrected chi connectivity index (χ4v) is 1.47. The highest BCUT2D eigenvalue weighted by atomic mass is 16.5. The summed E-state index contributed by atoms with van der Waals surface area (Å²) in [5.41, 5.74) is 1.31. The van der Waals surface area contributed by atoms with E-state index in [9.17, 15) is 9.59 Å². The molecule has 1 amide bonds. The van der Waals surface area contributed by atoms with Gasteiger partial charge in [0.25, 0.3) is 5.91 Å². The summed E-state index contributed by atoms with van der Waals surface area (Å²) in [5, 5.41) is 2.57. The largest absolute Gasteiger partial charge is 0.452 e. The van der Waals surface area contributed by atoms with Crippen LogP contribution in [0, 0.1) is 0 Å². The molecule has 110 valence electrons. The molecule has 0 heterocycles. The second-order valence-corrected chi connectivity index (χ2v) is 4.36. The SMILES string of the molecule is COCCNC(=O)COC(=O)c1cccc(N(C)C)c1. The van der Waals surface area contributed by atoms with Gasteiger partial charge in [-0.05, 0) is 18.2 Å². The molecule has 0 spiro atoms. The molecule has 1 aromatic carbocycles. The van der Waals surface area contributed by atoms with Gasteiger partial charge < -0.3 is 19.7 Å². The number of rotatable bonds is 7. The molecule has 6 heteroatoms. The molecular formula is C14H20N2O4. The van der Waals surface area contributed by atoms with Crippen molar-refractivity contribution in [3.63, 3.8) is 0 Å². The number of nitrogens with zero attached hydrogens (tertiary/aromatic N) is 1. The van der Waals surface area contributed by atoms with Gasteiger partial charge in [-0.2, -0.15) is 0 Å². The number of esters is 1. The molecule has 0 atom stereocenters. The maximum atomic E-state index is 11.8. The van der Waals surface area contributed by atoms with Gasteiger partial charge in [0, 0.05) is 33.4 Å². The molecule has 0 unspecified atom stereocenters. The minimum atomic E-state index is -0.518. The average molecular weight is 280 g/mol. The standard InChI is InChI=1S/C14H20N2O4/c1-16(2)12-6-4-5-11(9-12)14(18)20-10-13(17)15-7-8-19-3/h4-6,9H,7-8,10H2,1-3H3,(H,15,17). The molecule has 20 heavy (non-hydrogen) atoms. The first kappa shape index (κ1) is 16.0. The summed E-state index contributed by atoms with van der Waals surface area (Å²) in [4.78, 5) is 25.1. The second kappa shape index (κ2) is 8.16. The molecule has 1 aromatic rings. The van der Waals surface area contributed by atoms with Gasteiger partial charge >= 0.3 is 5.97 Å². The van der Waals surface area contributed by atoms with Gasteiger partial charge in [0.15, 0.2) is 6.61 Å². The Kier molecular flexibility index (Phi) is 6.52. The number of nitrogens with one attached hydrogen (secondary N) is 1. The number of hydrogen-bond acceptors (Lipinski definition) is 5. The smallest absolute Gasteiger partial charge is 0.338 e. The maximum absolute atomic E-state index is 11.8. The van der Waals surface area contributed by atoms with E-state index in [1.54, 1.807) is 25.3 Å². The van der Waals surface area contributed by atoms with Crippen LogP contribution in [-0.4, -0.2) is 52.8 Å². The molecule has 0 saturated heterocycles. The van der Waals surface area contributed by atoms with E-state index in [1.165, 1.54) is 0 Å². The Balaban J connectivity index is 2.46. The van der Waals surface area contributed by atoms with Gasteiger partial charge in [-0.25, -0.2) is 4.79 Å². The first-order chi connectivity index (χ1) is 9.54. The van der Waals surface area contributed by atoms with Crippen molar-refractivity contribution in [2.24, 2.45) is 0 Å². The molecule has 0 fully saturated rings. The number of methoxy groups -OCH3 is 1.